The lowest BCUT2D eigenvalue weighted by Crippen LogP contribution is -2.02. The van der Waals surface area contributed by atoms with Crippen molar-refractivity contribution in [1.29, 1.82) is 0 Å². The van der Waals surface area contributed by atoms with Gasteiger partial charge in [0.1, 0.15) is 10.7 Å². The highest BCUT2D eigenvalue weighted by Crippen LogP contribution is 2.40. The molecule has 0 bridgehead atoms. The molecule has 4 aromatic carbocycles. The summed E-state index contributed by atoms with van der Waals surface area (Å²) in [7, 11) is 0. The van der Waals surface area contributed by atoms with E-state index in [4.69, 9.17) is 4.98 Å². The number of hydrogen-bond donors (Lipinski definition) is 0. The molecule has 0 unspecified atom stereocenters. The predicted molar refractivity (Wildman–Crippen MR) is 139 cm³/mol. The Morgan fingerprint density at radius 3 is 2.39 bits per heavy atom. The average Bonchev–Trinajstić information content (AvgIpc) is 3.41. The lowest BCUT2D eigenvalue weighted by atomic mass is 10.1. The third-order valence-electron chi connectivity index (χ3n) is 6.32. The van der Waals surface area contributed by atoms with Gasteiger partial charge in [-0.05, 0) is 46.7 Å². The van der Waals surface area contributed by atoms with Gasteiger partial charge in [0.25, 0.3) is 0 Å². The minimum atomic E-state index is 0.768. The molecular formula is C29H19N3S. The number of imidazole rings is 1. The van der Waals surface area contributed by atoms with Gasteiger partial charge in [0.2, 0.25) is 0 Å². The van der Waals surface area contributed by atoms with E-state index >= 15 is 0 Å². The van der Waals surface area contributed by atoms with Crippen molar-refractivity contribution in [2.75, 3.05) is 0 Å². The van der Waals surface area contributed by atoms with Crippen LogP contribution in [0, 0.1) is 0 Å². The van der Waals surface area contributed by atoms with Crippen LogP contribution in [0.3, 0.4) is 0 Å². The maximum atomic E-state index is 5.20. The fourth-order valence-corrected chi connectivity index (χ4v) is 5.90. The molecule has 0 saturated heterocycles. The third kappa shape index (κ3) is 2.95. The first-order valence-corrected chi connectivity index (χ1v) is 11.9. The van der Waals surface area contributed by atoms with Gasteiger partial charge in [-0.1, -0.05) is 66.7 Å². The van der Waals surface area contributed by atoms with Crippen LogP contribution in [-0.2, 0) is 6.54 Å². The van der Waals surface area contributed by atoms with E-state index in [2.05, 4.69) is 101 Å². The molecule has 0 aliphatic heterocycles. The second-order valence-electron chi connectivity index (χ2n) is 8.34. The minimum Gasteiger partial charge on any atom is -0.319 e. The highest BCUT2D eigenvalue weighted by molar-refractivity contribution is 7.26. The number of fused-ring (bicyclic) bond motifs is 5. The van der Waals surface area contributed by atoms with Crippen LogP contribution in [0.5, 0.6) is 0 Å². The Balaban J connectivity index is 1.55. The van der Waals surface area contributed by atoms with Crippen molar-refractivity contribution in [3.8, 4) is 11.4 Å². The second-order valence-corrected chi connectivity index (χ2v) is 9.33. The van der Waals surface area contributed by atoms with E-state index < -0.39 is 0 Å². The lowest BCUT2D eigenvalue weighted by molar-refractivity contribution is 0.836. The zero-order chi connectivity index (χ0) is 21.8. The van der Waals surface area contributed by atoms with Crippen molar-refractivity contribution in [2.24, 2.45) is 0 Å². The molecule has 4 heteroatoms. The minimum absolute atomic E-state index is 0.768. The summed E-state index contributed by atoms with van der Waals surface area (Å²) in [4.78, 5) is 10.9. The van der Waals surface area contributed by atoms with Crippen molar-refractivity contribution in [3.05, 3.63) is 109 Å². The van der Waals surface area contributed by atoms with Crippen molar-refractivity contribution in [1.82, 2.24) is 14.5 Å². The number of pyridine rings is 1. The van der Waals surface area contributed by atoms with Crippen LogP contribution in [0.4, 0.5) is 0 Å². The molecule has 0 saturated carbocycles. The predicted octanol–water partition coefficient (Wildman–Crippen LogP) is 7.67. The van der Waals surface area contributed by atoms with Crippen molar-refractivity contribution >= 4 is 53.4 Å². The number of aromatic nitrogens is 3. The van der Waals surface area contributed by atoms with Crippen LogP contribution in [0.15, 0.2) is 103 Å². The van der Waals surface area contributed by atoms with E-state index in [0.29, 0.717) is 0 Å². The molecule has 0 spiro atoms. The summed E-state index contributed by atoms with van der Waals surface area (Å²) in [5, 5.41) is 4.89. The summed E-state index contributed by atoms with van der Waals surface area (Å²) in [6.45, 7) is 0.768. The third-order valence-corrected chi connectivity index (χ3v) is 7.48. The summed E-state index contributed by atoms with van der Waals surface area (Å²) in [5.41, 5.74) is 4.60. The van der Waals surface area contributed by atoms with E-state index in [9.17, 15) is 0 Å². The topological polar surface area (TPSA) is 30.7 Å². The highest BCUT2D eigenvalue weighted by Gasteiger charge is 2.18. The number of rotatable bonds is 3. The maximum Gasteiger partial charge on any atom is 0.142 e. The molecule has 0 aliphatic rings. The van der Waals surface area contributed by atoms with Gasteiger partial charge in [0, 0.05) is 33.8 Å². The lowest BCUT2D eigenvalue weighted by Gasteiger charge is -2.11. The van der Waals surface area contributed by atoms with Gasteiger partial charge in [-0.25, -0.2) is 9.97 Å². The van der Waals surface area contributed by atoms with Crippen LogP contribution in [-0.4, -0.2) is 14.5 Å². The van der Waals surface area contributed by atoms with Crippen molar-refractivity contribution in [3.63, 3.8) is 0 Å². The van der Waals surface area contributed by atoms with Gasteiger partial charge in [0.15, 0.2) is 0 Å². The Kier molecular flexibility index (Phi) is 4.08. The standard InChI is InChI=1S/C29H19N3S/c1-2-8-19(9-3-1)18-32-26-17-21-11-5-4-10-20(21)16-25(26)31-28(32)24-13-6-12-22-23-14-7-15-30-29(23)33-27(22)24/h1-17H,18H2. The maximum absolute atomic E-state index is 5.20. The summed E-state index contributed by atoms with van der Waals surface area (Å²) in [6.07, 6.45) is 1.87. The van der Waals surface area contributed by atoms with Gasteiger partial charge in [-0.3, -0.25) is 0 Å². The van der Waals surface area contributed by atoms with E-state index in [0.717, 1.165) is 33.8 Å². The number of benzene rings is 4. The Morgan fingerprint density at radius 2 is 1.52 bits per heavy atom. The number of nitrogens with zero attached hydrogens (tertiary/aromatic N) is 3. The summed E-state index contributed by atoms with van der Waals surface area (Å²) in [6, 6.07) is 34.3. The Labute approximate surface area is 194 Å². The molecule has 0 aliphatic carbocycles. The van der Waals surface area contributed by atoms with E-state index in [1.54, 1.807) is 11.3 Å². The molecule has 0 fully saturated rings. The molecule has 0 amide bonds. The number of hydrogen-bond acceptors (Lipinski definition) is 3. The first-order valence-electron chi connectivity index (χ1n) is 11.0. The monoisotopic (exact) mass is 441 g/mol. The van der Waals surface area contributed by atoms with Gasteiger partial charge in [0.05, 0.1) is 11.0 Å². The molecule has 7 aromatic rings. The quantitative estimate of drug-likeness (QED) is 0.282. The van der Waals surface area contributed by atoms with Gasteiger partial charge in [-0.2, -0.15) is 0 Å². The highest BCUT2D eigenvalue weighted by atomic mass is 32.1. The molecule has 0 atom stereocenters. The molecule has 3 nitrogen and oxygen atoms in total. The van der Waals surface area contributed by atoms with Gasteiger partial charge >= 0.3 is 0 Å². The molecule has 0 radical (unpaired) electrons. The SMILES string of the molecule is c1ccc(Cn2c(-c3cccc4c3sc3ncccc34)nc3cc4ccccc4cc32)cc1. The van der Waals surface area contributed by atoms with Crippen LogP contribution < -0.4 is 0 Å². The normalized spacial score (nSPS) is 11.8. The van der Waals surface area contributed by atoms with Gasteiger partial charge in [-0.15, -0.1) is 11.3 Å². The van der Waals surface area contributed by atoms with E-state index in [-0.39, 0.29) is 0 Å². The summed E-state index contributed by atoms with van der Waals surface area (Å²) >= 11 is 1.75. The second kappa shape index (κ2) is 7.26. The number of thiophene rings is 1. The zero-order valence-corrected chi connectivity index (χ0v) is 18.6. The van der Waals surface area contributed by atoms with E-state index in [1.807, 2.05) is 12.3 Å². The van der Waals surface area contributed by atoms with Gasteiger partial charge < -0.3 is 4.57 Å². The molecule has 3 aromatic heterocycles. The zero-order valence-electron chi connectivity index (χ0n) is 17.8. The Morgan fingerprint density at radius 1 is 0.727 bits per heavy atom. The summed E-state index contributed by atoms with van der Waals surface area (Å²) < 4.78 is 3.60. The molecule has 33 heavy (non-hydrogen) atoms. The first-order chi connectivity index (χ1) is 16.3. The molecule has 156 valence electrons. The molecular weight excluding hydrogens is 422 g/mol. The van der Waals surface area contributed by atoms with Crippen molar-refractivity contribution < 1.29 is 0 Å². The first kappa shape index (κ1) is 18.5. The van der Waals surface area contributed by atoms with Crippen LogP contribution in [0.25, 0.3) is 53.5 Å². The van der Waals surface area contributed by atoms with Crippen LogP contribution in [0.2, 0.25) is 0 Å². The Bertz CT molecular complexity index is 1790. The van der Waals surface area contributed by atoms with Crippen molar-refractivity contribution in [2.45, 2.75) is 6.54 Å². The smallest absolute Gasteiger partial charge is 0.142 e. The van der Waals surface area contributed by atoms with E-state index in [1.165, 1.54) is 31.8 Å². The fourth-order valence-electron chi connectivity index (χ4n) is 4.75. The fraction of sp³-hybridized carbons (Fsp3) is 0.0345. The van der Waals surface area contributed by atoms with Crippen LogP contribution in [0.1, 0.15) is 5.56 Å². The summed E-state index contributed by atoms with van der Waals surface area (Å²) in [5.74, 6) is 1.00. The molecule has 0 N–H and O–H groups in total. The molecule has 3 heterocycles. The largest absolute Gasteiger partial charge is 0.319 e. The average molecular weight is 442 g/mol. The Hall–Kier alpha value is -4.02. The molecule has 7 rings (SSSR count). The van der Waals surface area contributed by atoms with Crippen LogP contribution >= 0.6 is 11.3 Å².